The summed E-state index contributed by atoms with van der Waals surface area (Å²) in [4.78, 5) is 4.52. The summed E-state index contributed by atoms with van der Waals surface area (Å²) in [7, 11) is 0. The first-order chi connectivity index (χ1) is 8.24. The van der Waals surface area contributed by atoms with Crippen molar-refractivity contribution in [3.05, 3.63) is 11.7 Å². The van der Waals surface area contributed by atoms with E-state index in [4.69, 9.17) is 4.52 Å². The molecular formula is C11H16N2O2S2. The van der Waals surface area contributed by atoms with Crippen LogP contribution in [0.1, 0.15) is 42.6 Å². The van der Waals surface area contributed by atoms with E-state index in [9.17, 15) is 5.11 Å². The lowest BCUT2D eigenvalue weighted by Gasteiger charge is -2.28. The number of aromatic nitrogens is 2. The molecule has 2 atom stereocenters. The van der Waals surface area contributed by atoms with Crippen molar-refractivity contribution >= 4 is 23.5 Å². The molecule has 1 aliphatic heterocycles. The third kappa shape index (κ3) is 2.35. The molecule has 1 saturated heterocycles. The zero-order valence-electron chi connectivity index (χ0n) is 9.70. The molecule has 0 radical (unpaired) electrons. The van der Waals surface area contributed by atoms with E-state index in [2.05, 4.69) is 17.1 Å². The molecule has 1 aliphatic carbocycles. The fourth-order valence-electron chi connectivity index (χ4n) is 2.23. The van der Waals surface area contributed by atoms with E-state index in [0.29, 0.717) is 16.4 Å². The van der Waals surface area contributed by atoms with Crippen LogP contribution in [-0.4, -0.2) is 38.1 Å². The second kappa shape index (κ2) is 4.82. The Balaban J connectivity index is 1.71. The highest BCUT2D eigenvalue weighted by Gasteiger charge is 2.35. The molecule has 0 bridgehead atoms. The van der Waals surface area contributed by atoms with Crippen LogP contribution >= 0.6 is 23.5 Å². The summed E-state index contributed by atoms with van der Waals surface area (Å²) in [5, 5.41) is 14.3. The van der Waals surface area contributed by atoms with Crippen molar-refractivity contribution in [2.45, 2.75) is 42.3 Å². The van der Waals surface area contributed by atoms with Gasteiger partial charge < -0.3 is 9.63 Å². The van der Waals surface area contributed by atoms with Gasteiger partial charge in [0.15, 0.2) is 5.82 Å². The minimum atomic E-state index is -0.172. The molecule has 0 amide bonds. The monoisotopic (exact) mass is 272 g/mol. The van der Waals surface area contributed by atoms with Crippen LogP contribution in [0, 0.1) is 0 Å². The Labute approximate surface area is 109 Å². The molecule has 1 N–H and O–H groups in total. The molecular weight excluding hydrogens is 256 g/mol. The van der Waals surface area contributed by atoms with Gasteiger partial charge in [0.05, 0.1) is 11.4 Å². The third-order valence-corrected chi connectivity index (χ3v) is 6.45. The number of hydrogen-bond donors (Lipinski definition) is 1. The number of aliphatic hydroxyl groups excluding tert-OH is 1. The predicted molar refractivity (Wildman–Crippen MR) is 69.4 cm³/mol. The molecule has 0 aromatic carbocycles. The number of thioether (sulfide) groups is 2. The normalized spacial score (nSPS) is 37.8. The van der Waals surface area contributed by atoms with E-state index >= 15 is 0 Å². The highest BCUT2D eigenvalue weighted by atomic mass is 32.2. The second-order valence-electron chi connectivity index (χ2n) is 4.68. The SMILES string of the molecule is CC1SCCSC1c1noc(C2CC(O)C2)n1. The second-order valence-corrected chi connectivity index (χ2v) is 7.41. The standard InChI is InChI=1S/C11H16N2O2S2/c1-6-9(17-3-2-16-6)10-12-11(15-13-10)7-4-8(14)5-7/h6-9,14H,2-5H2,1H3. The lowest BCUT2D eigenvalue weighted by atomic mass is 9.82. The van der Waals surface area contributed by atoms with Crippen molar-refractivity contribution in [1.29, 1.82) is 0 Å². The van der Waals surface area contributed by atoms with Gasteiger partial charge in [-0.15, -0.1) is 11.8 Å². The van der Waals surface area contributed by atoms with E-state index in [1.165, 1.54) is 5.75 Å². The van der Waals surface area contributed by atoms with Crippen molar-refractivity contribution in [2.24, 2.45) is 0 Å². The predicted octanol–water partition coefficient (Wildman–Crippen LogP) is 2.22. The molecule has 2 heterocycles. The van der Waals surface area contributed by atoms with Crippen LogP contribution in [0.25, 0.3) is 0 Å². The first kappa shape index (κ1) is 11.9. The number of nitrogens with zero attached hydrogens (tertiary/aromatic N) is 2. The zero-order valence-corrected chi connectivity index (χ0v) is 11.3. The lowest BCUT2D eigenvalue weighted by Crippen LogP contribution is -2.26. The van der Waals surface area contributed by atoms with Gasteiger partial charge in [0.2, 0.25) is 5.89 Å². The van der Waals surface area contributed by atoms with Crippen LogP contribution in [0.2, 0.25) is 0 Å². The Bertz CT molecular complexity index is 393. The number of aliphatic hydroxyl groups is 1. The summed E-state index contributed by atoms with van der Waals surface area (Å²) in [6.45, 7) is 2.23. The van der Waals surface area contributed by atoms with E-state index in [1.807, 2.05) is 23.5 Å². The maximum Gasteiger partial charge on any atom is 0.229 e. The quantitative estimate of drug-likeness (QED) is 0.891. The smallest absolute Gasteiger partial charge is 0.229 e. The Morgan fingerprint density at radius 3 is 2.76 bits per heavy atom. The van der Waals surface area contributed by atoms with Gasteiger partial charge in [0.25, 0.3) is 0 Å². The Morgan fingerprint density at radius 2 is 2.06 bits per heavy atom. The molecule has 2 aliphatic rings. The van der Waals surface area contributed by atoms with E-state index in [0.717, 1.165) is 24.4 Å². The van der Waals surface area contributed by atoms with Crippen molar-refractivity contribution in [3.8, 4) is 0 Å². The van der Waals surface area contributed by atoms with Crippen LogP contribution in [0.5, 0.6) is 0 Å². The van der Waals surface area contributed by atoms with Gasteiger partial charge in [0, 0.05) is 22.7 Å². The van der Waals surface area contributed by atoms with Gasteiger partial charge in [-0.1, -0.05) is 12.1 Å². The van der Waals surface area contributed by atoms with Crippen molar-refractivity contribution in [2.75, 3.05) is 11.5 Å². The first-order valence-electron chi connectivity index (χ1n) is 5.99. The molecule has 94 valence electrons. The molecule has 0 spiro atoms. The van der Waals surface area contributed by atoms with Crippen molar-refractivity contribution < 1.29 is 9.63 Å². The molecule has 2 unspecified atom stereocenters. The van der Waals surface area contributed by atoms with Crippen LogP contribution in [0.15, 0.2) is 4.52 Å². The van der Waals surface area contributed by atoms with Gasteiger partial charge in [-0.05, 0) is 12.8 Å². The largest absolute Gasteiger partial charge is 0.393 e. The summed E-state index contributed by atoms with van der Waals surface area (Å²) in [6, 6.07) is 0. The van der Waals surface area contributed by atoms with Crippen molar-refractivity contribution in [1.82, 2.24) is 10.1 Å². The Morgan fingerprint density at radius 1 is 1.29 bits per heavy atom. The summed E-state index contributed by atoms with van der Waals surface area (Å²) in [6.07, 6.45) is 1.36. The minimum Gasteiger partial charge on any atom is -0.393 e. The van der Waals surface area contributed by atoms with Crippen LogP contribution in [-0.2, 0) is 0 Å². The number of rotatable bonds is 2. The van der Waals surface area contributed by atoms with Gasteiger partial charge >= 0.3 is 0 Å². The average Bonchev–Trinajstić information content (AvgIpc) is 2.74. The Hall–Kier alpha value is -0.200. The number of hydrogen-bond acceptors (Lipinski definition) is 6. The van der Waals surface area contributed by atoms with Crippen molar-refractivity contribution in [3.63, 3.8) is 0 Å². The summed E-state index contributed by atoms with van der Waals surface area (Å²) < 4.78 is 5.32. The minimum absolute atomic E-state index is 0.172. The zero-order chi connectivity index (χ0) is 11.8. The summed E-state index contributed by atoms with van der Waals surface area (Å²) in [5.41, 5.74) is 0. The van der Waals surface area contributed by atoms with Crippen LogP contribution in [0.3, 0.4) is 0 Å². The fourth-order valence-corrected chi connectivity index (χ4v) is 4.91. The molecule has 1 aromatic rings. The molecule has 17 heavy (non-hydrogen) atoms. The molecule has 1 saturated carbocycles. The molecule has 4 nitrogen and oxygen atoms in total. The first-order valence-corrected chi connectivity index (χ1v) is 8.08. The maximum absolute atomic E-state index is 9.28. The lowest BCUT2D eigenvalue weighted by molar-refractivity contribution is 0.0625. The summed E-state index contributed by atoms with van der Waals surface area (Å²) >= 11 is 3.90. The molecule has 1 aromatic heterocycles. The third-order valence-electron chi connectivity index (χ3n) is 3.36. The molecule has 3 rings (SSSR count). The van der Waals surface area contributed by atoms with Gasteiger partial charge in [-0.3, -0.25) is 0 Å². The topological polar surface area (TPSA) is 59.2 Å². The van der Waals surface area contributed by atoms with E-state index < -0.39 is 0 Å². The van der Waals surface area contributed by atoms with Gasteiger partial charge in [-0.2, -0.15) is 16.7 Å². The van der Waals surface area contributed by atoms with Crippen LogP contribution < -0.4 is 0 Å². The maximum atomic E-state index is 9.28. The molecule has 6 heteroatoms. The average molecular weight is 272 g/mol. The Kier molecular flexibility index (Phi) is 3.36. The van der Waals surface area contributed by atoms with E-state index in [-0.39, 0.29) is 12.0 Å². The fraction of sp³-hybridized carbons (Fsp3) is 0.818. The van der Waals surface area contributed by atoms with Crippen LogP contribution in [0.4, 0.5) is 0 Å². The summed E-state index contributed by atoms with van der Waals surface area (Å²) in [5.74, 6) is 4.20. The van der Waals surface area contributed by atoms with Gasteiger partial charge in [-0.25, -0.2) is 0 Å². The van der Waals surface area contributed by atoms with Gasteiger partial charge in [0.1, 0.15) is 0 Å². The highest BCUT2D eigenvalue weighted by Crippen LogP contribution is 2.42. The van der Waals surface area contributed by atoms with E-state index in [1.54, 1.807) is 0 Å². The molecule has 2 fully saturated rings. The highest BCUT2D eigenvalue weighted by molar-refractivity contribution is 8.06.